The van der Waals surface area contributed by atoms with E-state index in [1.807, 2.05) is 6.07 Å². The van der Waals surface area contributed by atoms with Gasteiger partial charge in [-0.2, -0.15) is 0 Å². The van der Waals surface area contributed by atoms with Crippen LogP contribution in [0.4, 0.5) is 0 Å². The molecule has 108 valence electrons. The maximum atomic E-state index is 5.28. The minimum atomic E-state index is 0.569. The summed E-state index contributed by atoms with van der Waals surface area (Å²) >= 11 is 0. The van der Waals surface area contributed by atoms with Gasteiger partial charge in [-0.3, -0.25) is 0 Å². The van der Waals surface area contributed by atoms with E-state index in [4.69, 9.17) is 4.74 Å². The molecule has 1 N–H and O–H groups in total. The number of ether oxygens (including phenoxy) is 1. The van der Waals surface area contributed by atoms with Gasteiger partial charge in [0.05, 0.1) is 7.11 Å². The Morgan fingerprint density at radius 2 is 1.95 bits per heavy atom. The lowest BCUT2D eigenvalue weighted by Gasteiger charge is -2.28. The molecule has 1 atom stereocenters. The quantitative estimate of drug-likeness (QED) is 0.819. The van der Waals surface area contributed by atoms with E-state index in [2.05, 4.69) is 57.2 Å². The summed E-state index contributed by atoms with van der Waals surface area (Å²) in [4.78, 5) is 2.29. The Kier molecular flexibility index (Phi) is 6.32. The number of nitrogens with zero attached hydrogens (tertiary/aromatic N) is 1. The first-order valence-electron chi connectivity index (χ1n) is 6.96. The summed E-state index contributed by atoms with van der Waals surface area (Å²) in [6.07, 6.45) is 0. The predicted molar refractivity (Wildman–Crippen MR) is 81.8 cm³/mol. The molecule has 0 aliphatic heterocycles. The largest absolute Gasteiger partial charge is 0.496 e. The summed E-state index contributed by atoms with van der Waals surface area (Å²) in [5.41, 5.74) is 2.49. The number of aryl methyl sites for hydroxylation is 1. The molecule has 0 saturated carbocycles. The molecule has 1 aromatic carbocycles. The standard InChI is InChI=1S/C16H28N2O/c1-12(2)15(18(4)5)11-17-10-14-7-8-16(19-6)13(3)9-14/h7-9,12,15,17H,10-11H2,1-6H3. The third-order valence-electron chi connectivity index (χ3n) is 3.57. The zero-order valence-corrected chi connectivity index (χ0v) is 13.2. The Morgan fingerprint density at radius 3 is 2.42 bits per heavy atom. The van der Waals surface area contributed by atoms with Crippen LogP contribution in [0.2, 0.25) is 0 Å². The highest BCUT2D eigenvalue weighted by Crippen LogP contribution is 2.18. The molecule has 0 radical (unpaired) electrons. The van der Waals surface area contributed by atoms with Crippen molar-refractivity contribution in [2.75, 3.05) is 27.7 Å². The molecular formula is C16H28N2O. The molecule has 0 saturated heterocycles. The summed E-state index contributed by atoms with van der Waals surface area (Å²) in [5.74, 6) is 1.61. The van der Waals surface area contributed by atoms with Crippen LogP contribution in [-0.2, 0) is 6.54 Å². The second kappa shape index (κ2) is 7.51. The van der Waals surface area contributed by atoms with E-state index >= 15 is 0 Å². The van der Waals surface area contributed by atoms with Gasteiger partial charge in [-0.15, -0.1) is 0 Å². The van der Waals surface area contributed by atoms with Crippen molar-refractivity contribution in [2.24, 2.45) is 5.92 Å². The Balaban J connectivity index is 2.51. The fourth-order valence-corrected chi connectivity index (χ4v) is 2.43. The number of rotatable bonds is 7. The van der Waals surface area contributed by atoms with E-state index in [9.17, 15) is 0 Å². The Morgan fingerprint density at radius 1 is 1.26 bits per heavy atom. The van der Waals surface area contributed by atoms with Gasteiger partial charge in [-0.1, -0.05) is 26.0 Å². The number of methoxy groups -OCH3 is 1. The Bertz CT molecular complexity index is 380. The lowest BCUT2D eigenvalue weighted by Crippen LogP contribution is -2.41. The molecule has 19 heavy (non-hydrogen) atoms. The molecule has 0 aliphatic rings. The highest BCUT2D eigenvalue weighted by molar-refractivity contribution is 5.36. The molecule has 0 fully saturated rings. The molecule has 0 bridgehead atoms. The number of likely N-dealkylation sites (N-methyl/N-ethyl adjacent to an activating group) is 1. The van der Waals surface area contributed by atoms with Crippen molar-refractivity contribution in [1.29, 1.82) is 0 Å². The van der Waals surface area contributed by atoms with Crippen LogP contribution in [0.1, 0.15) is 25.0 Å². The Labute approximate surface area is 118 Å². The van der Waals surface area contributed by atoms with Gasteiger partial charge >= 0.3 is 0 Å². The van der Waals surface area contributed by atoms with E-state index < -0.39 is 0 Å². The van der Waals surface area contributed by atoms with Crippen molar-refractivity contribution >= 4 is 0 Å². The van der Waals surface area contributed by atoms with Crippen molar-refractivity contribution in [1.82, 2.24) is 10.2 Å². The van der Waals surface area contributed by atoms with Crippen molar-refractivity contribution < 1.29 is 4.74 Å². The molecule has 0 amide bonds. The van der Waals surface area contributed by atoms with Gasteiger partial charge in [0.25, 0.3) is 0 Å². The van der Waals surface area contributed by atoms with Crippen molar-refractivity contribution in [3.8, 4) is 5.75 Å². The third-order valence-corrected chi connectivity index (χ3v) is 3.57. The minimum absolute atomic E-state index is 0.569. The van der Waals surface area contributed by atoms with Gasteiger partial charge in [0.15, 0.2) is 0 Å². The van der Waals surface area contributed by atoms with Gasteiger partial charge < -0.3 is 15.0 Å². The lowest BCUT2D eigenvalue weighted by atomic mass is 10.0. The molecule has 3 nitrogen and oxygen atoms in total. The van der Waals surface area contributed by atoms with Crippen LogP contribution >= 0.6 is 0 Å². The van der Waals surface area contributed by atoms with E-state index in [1.165, 1.54) is 11.1 Å². The van der Waals surface area contributed by atoms with Crippen LogP contribution in [0.15, 0.2) is 18.2 Å². The highest BCUT2D eigenvalue weighted by Gasteiger charge is 2.14. The fourth-order valence-electron chi connectivity index (χ4n) is 2.43. The molecule has 1 rings (SSSR count). The molecule has 0 aliphatic carbocycles. The van der Waals surface area contributed by atoms with Crippen LogP contribution in [0, 0.1) is 12.8 Å². The molecule has 3 heteroatoms. The SMILES string of the molecule is COc1ccc(CNCC(C(C)C)N(C)C)cc1C. The molecule has 0 spiro atoms. The van der Waals surface area contributed by atoms with Gasteiger partial charge in [0.2, 0.25) is 0 Å². The van der Waals surface area contributed by atoms with Gasteiger partial charge in [-0.25, -0.2) is 0 Å². The second-order valence-electron chi connectivity index (χ2n) is 5.71. The lowest BCUT2D eigenvalue weighted by molar-refractivity contribution is 0.224. The smallest absolute Gasteiger partial charge is 0.121 e. The topological polar surface area (TPSA) is 24.5 Å². The first-order valence-corrected chi connectivity index (χ1v) is 6.96. The molecule has 1 unspecified atom stereocenters. The van der Waals surface area contributed by atoms with Crippen LogP contribution in [0.25, 0.3) is 0 Å². The fraction of sp³-hybridized carbons (Fsp3) is 0.625. The average molecular weight is 264 g/mol. The summed E-state index contributed by atoms with van der Waals surface area (Å²) < 4.78 is 5.28. The summed E-state index contributed by atoms with van der Waals surface area (Å²) in [6.45, 7) is 8.53. The van der Waals surface area contributed by atoms with Crippen LogP contribution in [0.5, 0.6) is 5.75 Å². The van der Waals surface area contributed by atoms with E-state index in [-0.39, 0.29) is 0 Å². The minimum Gasteiger partial charge on any atom is -0.496 e. The molecule has 0 heterocycles. The summed E-state index contributed by atoms with van der Waals surface area (Å²) in [7, 11) is 6.00. The van der Waals surface area contributed by atoms with Gasteiger partial charge in [0, 0.05) is 19.1 Å². The van der Waals surface area contributed by atoms with Crippen molar-refractivity contribution in [3.05, 3.63) is 29.3 Å². The zero-order chi connectivity index (χ0) is 14.4. The third kappa shape index (κ3) is 4.84. The second-order valence-corrected chi connectivity index (χ2v) is 5.71. The van der Waals surface area contributed by atoms with E-state index in [0.29, 0.717) is 12.0 Å². The van der Waals surface area contributed by atoms with E-state index in [1.54, 1.807) is 7.11 Å². The first kappa shape index (κ1) is 16.0. The number of nitrogens with one attached hydrogen (secondary N) is 1. The molecule has 0 aromatic heterocycles. The maximum Gasteiger partial charge on any atom is 0.121 e. The van der Waals surface area contributed by atoms with Crippen LogP contribution in [-0.4, -0.2) is 38.7 Å². The Hall–Kier alpha value is -1.06. The van der Waals surface area contributed by atoms with Gasteiger partial charge in [-0.05, 0) is 44.1 Å². The molecule has 1 aromatic rings. The summed E-state index contributed by atoms with van der Waals surface area (Å²) in [5, 5.41) is 3.55. The number of hydrogen-bond acceptors (Lipinski definition) is 3. The van der Waals surface area contributed by atoms with Crippen molar-refractivity contribution in [2.45, 2.75) is 33.4 Å². The maximum absolute atomic E-state index is 5.28. The van der Waals surface area contributed by atoms with Crippen molar-refractivity contribution in [3.63, 3.8) is 0 Å². The molecular weight excluding hydrogens is 236 g/mol. The number of hydrogen-bond donors (Lipinski definition) is 1. The van der Waals surface area contributed by atoms with Gasteiger partial charge in [0.1, 0.15) is 5.75 Å². The summed E-state index contributed by atoms with van der Waals surface area (Å²) in [6, 6.07) is 6.92. The monoisotopic (exact) mass is 264 g/mol. The van der Waals surface area contributed by atoms with Crippen LogP contribution < -0.4 is 10.1 Å². The highest BCUT2D eigenvalue weighted by atomic mass is 16.5. The normalized spacial score (nSPS) is 13.1. The number of benzene rings is 1. The van der Waals surface area contributed by atoms with E-state index in [0.717, 1.165) is 18.8 Å². The average Bonchev–Trinajstić information content (AvgIpc) is 2.33. The van der Waals surface area contributed by atoms with Crippen LogP contribution in [0.3, 0.4) is 0 Å². The zero-order valence-electron chi connectivity index (χ0n) is 13.2. The predicted octanol–water partition coefficient (Wildman–Crippen LogP) is 2.68. The first-order chi connectivity index (χ1) is 8.95.